The molecular formula is C14H11BrN2OS. The van der Waals surface area contributed by atoms with Crippen molar-refractivity contribution in [2.45, 2.75) is 5.03 Å². The van der Waals surface area contributed by atoms with Crippen LogP contribution in [0.4, 0.5) is 0 Å². The summed E-state index contributed by atoms with van der Waals surface area (Å²) in [5.74, 6) is 1.54. The van der Waals surface area contributed by atoms with E-state index in [0.29, 0.717) is 12.2 Å². The first-order valence-corrected chi connectivity index (χ1v) is 7.43. The number of hydrogen-bond acceptors (Lipinski definition) is 4. The van der Waals surface area contributed by atoms with E-state index in [1.807, 2.05) is 24.3 Å². The molecule has 1 heterocycles. The maximum atomic E-state index is 8.78. The molecule has 0 spiro atoms. The maximum Gasteiger partial charge on any atom is 0.120 e. The van der Waals surface area contributed by atoms with E-state index in [4.69, 9.17) is 10.00 Å². The van der Waals surface area contributed by atoms with E-state index in [1.165, 1.54) is 0 Å². The zero-order valence-electron chi connectivity index (χ0n) is 10.0. The van der Waals surface area contributed by atoms with E-state index in [0.717, 1.165) is 21.0 Å². The van der Waals surface area contributed by atoms with Crippen molar-refractivity contribution in [1.29, 1.82) is 5.26 Å². The highest BCUT2D eigenvalue weighted by Crippen LogP contribution is 2.18. The predicted octanol–water partition coefficient (Wildman–Crippen LogP) is 3.89. The van der Waals surface area contributed by atoms with Crippen LogP contribution in [0.15, 0.2) is 52.1 Å². The summed E-state index contributed by atoms with van der Waals surface area (Å²) in [7, 11) is 0. The molecule has 0 atom stereocenters. The van der Waals surface area contributed by atoms with Crippen LogP contribution < -0.4 is 4.74 Å². The molecule has 0 fully saturated rings. The van der Waals surface area contributed by atoms with Gasteiger partial charge in [0, 0.05) is 16.4 Å². The van der Waals surface area contributed by atoms with Gasteiger partial charge in [-0.05, 0) is 46.3 Å². The van der Waals surface area contributed by atoms with E-state index in [-0.39, 0.29) is 0 Å². The minimum Gasteiger partial charge on any atom is -0.493 e. The third kappa shape index (κ3) is 4.58. The Kier molecular flexibility index (Phi) is 5.25. The lowest BCUT2D eigenvalue weighted by Crippen LogP contribution is -2.00. The Morgan fingerprint density at radius 2 is 2.21 bits per heavy atom. The van der Waals surface area contributed by atoms with Gasteiger partial charge in [-0.3, -0.25) is 0 Å². The zero-order chi connectivity index (χ0) is 13.5. The smallest absolute Gasteiger partial charge is 0.120 e. The number of nitrogens with zero attached hydrogens (tertiary/aromatic N) is 2. The van der Waals surface area contributed by atoms with Crippen LogP contribution in [-0.4, -0.2) is 17.3 Å². The molecule has 1 aromatic carbocycles. The molecular weight excluding hydrogens is 324 g/mol. The number of aromatic nitrogens is 1. The molecule has 0 bridgehead atoms. The maximum absolute atomic E-state index is 8.78. The van der Waals surface area contributed by atoms with Crippen molar-refractivity contribution >= 4 is 27.7 Å². The van der Waals surface area contributed by atoms with Crippen molar-refractivity contribution in [3.05, 3.63) is 52.6 Å². The van der Waals surface area contributed by atoms with Crippen molar-refractivity contribution in [2.24, 2.45) is 0 Å². The molecule has 0 N–H and O–H groups in total. The van der Waals surface area contributed by atoms with Crippen LogP contribution in [0.5, 0.6) is 5.75 Å². The normalized spacial score (nSPS) is 9.89. The summed E-state index contributed by atoms with van der Waals surface area (Å²) < 4.78 is 6.56. The van der Waals surface area contributed by atoms with Crippen molar-refractivity contribution in [3.8, 4) is 11.8 Å². The summed E-state index contributed by atoms with van der Waals surface area (Å²) >= 11 is 4.98. The van der Waals surface area contributed by atoms with Gasteiger partial charge < -0.3 is 4.74 Å². The number of hydrogen-bond donors (Lipinski definition) is 0. The first-order valence-electron chi connectivity index (χ1n) is 5.65. The van der Waals surface area contributed by atoms with E-state index >= 15 is 0 Å². The molecule has 2 aromatic rings. The first kappa shape index (κ1) is 13.9. The molecule has 0 saturated heterocycles. The predicted molar refractivity (Wildman–Crippen MR) is 79.3 cm³/mol. The molecule has 0 aliphatic heterocycles. The van der Waals surface area contributed by atoms with Crippen LogP contribution in [0.3, 0.4) is 0 Å². The molecule has 0 radical (unpaired) electrons. The Balaban J connectivity index is 1.77. The lowest BCUT2D eigenvalue weighted by atomic mass is 10.2. The minimum absolute atomic E-state index is 0.581. The molecule has 0 amide bonds. The molecule has 96 valence electrons. The van der Waals surface area contributed by atoms with Gasteiger partial charge >= 0.3 is 0 Å². The first-order chi connectivity index (χ1) is 9.28. The lowest BCUT2D eigenvalue weighted by Gasteiger charge is -2.05. The van der Waals surface area contributed by atoms with Gasteiger partial charge in [0.05, 0.1) is 23.3 Å². The molecule has 0 unspecified atom stereocenters. The fourth-order valence-corrected chi connectivity index (χ4v) is 2.31. The second kappa shape index (κ2) is 7.17. The van der Waals surface area contributed by atoms with E-state index in [9.17, 15) is 0 Å². The number of rotatable bonds is 5. The van der Waals surface area contributed by atoms with Crippen molar-refractivity contribution in [2.75, 3.05) is 12.4 Å². The Hall–Kier alpha value is -1.51. The molecule has 5 heteroatoms. The largest absolute Gasteiger partial charge is 0.493 e. The lowest BCUT2D eigenvalue weighted by molar-refractivity contribution is 0.344. The number of thioether (sulfide) groups is 1. The zero-order valence-corrected chi connectivity index (χ0v) is 12.4. The number of nitriles is 1. The van der Waals surface area contributed by atoms with Crippen LogP contribution in [0.1, 0.15) is 5.56 Å². The molecule has 19 heavy (non-hydrogen) atoms. The number of pyridine rings is 1. The van der Waals surface area contributed by atoms with Gasteiger partial charge in [-0.15, -0.1) is 11.8 Å². The fourth-order valence-electron chi connectivity index (χ4n) is 1.41. The molecule has 1 aromatic heterocycles. The molecule has 2 rings (SSSR count). The van der Waals surface area contributed by atoms with E-state index < -0.39 is 0 Å². The molecule has 0 saturated carbocycles. The van der Waals surface area contributed by atoms with E-state index in [1.54, 1.807) is 30.1 Å². The quantitative estimate of drug-likeness (QED) is 0.614. The van der Waals surface area contributed by atoms with Crippen LogP contribution in [0.2, 0.25) is 0 Å². The molecule has 3 nitrogen and oxygen atoms in total. The molecule has 0 aliphatic carbocycles. The Morgan fingerprint density at radius 3 is 2.95 bits per heavy atom. The highest BCUT2D eigenvalue weighted by molar-refractivity contribution is 9.10. The highest BCUT2D eigenvalue weighted by atomic mass is 79.9. The average Bonchev–Trinajstić information content (AvgIpc) is 2.46. The second-order valence-corrected chi connectivity index (χ2v) is 5.68. The van der Waals surface area contributed by atoms with Crippen molar-refractivity contribution < 1.29 is 4.74 Å². The summed E-state index contributed by atoms with van der Waals surface area (Å²) in [6, 6.07) is 13.2. The van der Waals surface area contributed by atoms with Gasteiger partial charge in [-0.25, -0.2) is 4.98 Å². The third-order valence-corrected chi connectivity index (χ3v) is 3.64. The number of ether oxygens (including phenoxy) is 1. The highest BCUT2D eigenvalue weighted by Gasteiger charge is 1.98. The monoisotopic (exact) mass is 334 g/mol. The van der Waals surface area contributed by atoms with Crippen molar-refractivity contribution in [1.82, 2.24) is 4.98 Å². The number of halogens is 1. The Labute approximate surface area is 124 Å². The summed E-state index contributed by atoms with van der Waals surface area (Å²) in [6.45, 7) is 0.581. The minimum atomic E-state index is 0.581. The standard InChI is InChI=1S/C14H11BrN2OS/c15-12-4-5-14(17-10-12)19-7-6-18-13-3-1-2-11(8-13)9-16/h1-5,8,10H,6-7H2. The van der Waals surface area contributed by atoms with Gasteiger partial charge in [0.1, 0.15) is 5.75 Å². The third-order valence-electron chi connectivity index (χ3n) is 2.27. The van der Waals surface area contributed by atoms with Crippen LogP contribution in [0, 0.1) is 11.3 Å². The van der Waals surface area contributed by atoms with Gasteiger partial charge in [-0.2, -0.15) is 5.26 Å². The topological polar surface area (TPSA) is 45.9 Å². The summed E-state index contributed by atoms with van der Waals surface area (Å²) in [5.41, 5.74) is 0.611. The van der Waals surface area contributed by atoms with E-state index in [2.05, 4.69) is 27.0 Å². The van der Waals surface area contributed by atoms with Crippen molar-refractivity contribution in [3.63, 3.8) is 0 Å². The number of benzene rings is 1. The SMILES string of the molecule is N#Cc1cccc(OCCSc2ccc(Br)cn2)c1. The van der Waals surface area contributed by atoms with Gasteiger partial charge in [0.25, 0.3) is 0 Å². The average molecular weight is 335 g/mol. The Morgan fingerprint density at radius 1 is 1.32 bits per heavy atom. The second-order valence-electron chi connectivity index (χ2n) is 3.65. The molecule has 0 aliphatic rings. The fraction of sp³-hybridized carbons (Fsp3) is 0.143. The summed E-state index contributed by atoms with van der Waals surface area (Å²) in [5, 5.41) is 9.75. The van der Waals surface area contributed by atoms with Gasteiger partial charge in [-0.1, -0.05) is 6.07 Å². The van der Waals surface area contributed by atoms with Crippen LogP contribution in [-0.2, 0) is 0 Å². The summed E-state index contributed by atoms with van der Waals surface area (Å²) in [6.07, 6.45) is 1.78. The van der Waals surface area contributed by atoms with Crippen LogP contribution >= 0.6 is 27.7 Å². The van der Waals surface area contributed by atoms with Gasteiger partial charge in [0.15, 0.2) is 0 Å². The van der Waals surface area contributed by atoms with Crippen LogP contribution in [0.25, 0.3) is 0 Å². The van der Waals surface area contributed by atoms with Gasteiger partial charge in [0.2, 0.25) is 0 Å². The summed E-state index contributed by atoms with van der Waals surface area (Å²) in [4.78, 5) is 4.27. The Bertz CT molecular complexity index is 581.